The highest BCUT2D eigenvalue weighted by molar-refractivity contribution is 5.83. The predicted molar refractivity (Wildman–Crippen MR) is 117 cm³/mol. The summed E-state index contributed by atoms with van der Waals surface area (Å²) in [7, 11) is 1.68. The number of methoxy groups -OCH3 is 1. The lowest BCUT2D eigenvalue weighted by molar-refractivity contribution is 0.0663. The van der Waals surface area contributed by atoms with Crippen molar-refractivity contribution < 1.29 is 14.6 Å². The van der Waals surface area contributed by atoms with Crippen molar-refractivity contribution in [2.24, 2.45) is 0 Å². The number of benzene rings is 3. The number of anilines is 1. The zero-order valence-corrected chi connectivity index (χ0v) is 16.8. The molecule has 3 aromatic rings. The fourth-order valence-electron chi connectivity index (χ4n) is 3.78. The maximum Gasteiger partial charge on any atom is 0.120 e. The van der Waals surface area contributed by atoms with E-state index in [1.54, 1.807) is 7.11 Å². The third-order valence-corrected chi connectivity index (χ3v) is 5.44. The molecule has 0 amide bonds. The van der Waals surface area contributed by atoms with E-state index in [1.807, 2.05) is 36.4 Å². The number of fused-ring (bicyclic) bond motifs is 1. The highest BCUT2D eigenvalue weighted by atomic mass is 16.5. The SMILES string of the molecule is COc1ccc(N2CCN(CC(O)COc3ccc4ccccc4c3)CC2)cc1. The molecular weight excluding hydrogens is 364 g/mol. The van der Waals surface area contributed by atoms with Crippen LogP contribution in [-0.2, 0) is 0 Å². The Bertz CT molecular complexity index is 921. The molecule has 1 fully saturated rings. The molecule has 3 aromatic carbocycles. The normalized spacial score (nSPS) is 16.0. The number of hydrogen-bond acceptors (Lipinski definition) is 5. The second-order valence-electron chi connectivity index (χ2n) is 7.46. The van der Waals surface area contributed by atoms with E-state index in [0.717, 1.165) is 43.1 Å². The standard InChI is InChI=1S/C24H28N2O3/c1-28-23-10-7-21(8-11-23)26-14-12-25(13-15-26)17-22(27)18-29-24-9-6-19-4-2-3-5-20(19)16-24/h2-11,16,22,27H,12-15,17-18H2,1H3. The van der Waals surface area contributed by atoms with E-state index in [4.69, 9.17) is 9.47 Å². The molecule has 4 rings (SSSR count). The maximum absolute atomic E-state index is 10.4. The topological polar surface area (TPSA) is 45.2 Å². The number of piperazine rings is 1. The van der Waals surface area contributed by atoms with Crippen LogP contribution < -0.4 is 14.4 Å². The van der Waals surface area contributed by atoms with Crippen molar-refractivity contribution in [3.8, 4) is 11.5 Å². The summed E-state index contributed by atoms with van der Waals surface area (Å²) >= 11 is 0. The molecule has 0 radical (unpaired) electrons. The highest BCUT2D eigenvalue weighted by Crippen LogP contribution is 2.22. The van der Waals surface area contributed by atoms with Gasteiger partial charge in [-0.05, 0) is 47.2 Å². The van der Waals surface area contributed by atoms with E-state index in [1.165, 1.54) is 11.1 Å². The molecule has 0 aromatic heterocycles. The first-order valence-electron chi connectivity index (χ1n) is 10.1. The number of β-amino-alcohol motifs (C(OH)–C–C–N with tert-alkyl or cyclic N) is 1. The van der Waals surface area contributed by atoms with Gasteiger partial charge in [0.25, 0.3) is 0 Å². The van der Waals surface area contributed by atoms with Gasteiger partial charge in [0.05, 0.1) is 7.11 Å². The van der Waals surface area contributed by atoms with Gasteiger partial charge in [0.1, 0.15) is 24.2 Å². The average Bonchev–Trinajstić information content (AvgIpc) is 2.78. The fourth-order valence-corrected chi connectivity index (χ4v) is 3.78. The Morgan fingerprint density at radius 2 is 1.55 bits per heavy atom. The number of aliphatic hydroxyl groups is 1. The fraction of sp³-hybridized carbons (Fsp3) is 0.333. The minimum Gasteiger partial charge on any atom is -0.497 e. The number of ether oxygens (including phenoxy) is 2. The zero-order valence-electron chi connectivity index (χ0n) is 16.8. The molecule has 1 unspecified atom stereocenters. The molecule has 1 saturated heterocycles. The summed E-state index contributed by atoms with van der Waals surface area (Å²) in [5.41, 5.74) is 1.21. The molecule has 1 aliphatic heterocycles. The van der Waals surface area contributed by atoms with Gasteiger partial charge in [0.2, 0.25) is 0 Å². The lowest BCUT2D eigenvalue weighted by Crippen LogP contribution is -2.49. The summed E-state index contributed by atoms with van der Waals surface area (Å²) in [6.45, 7) is 4.69. The van der Waals surface area contributed by atoms with Crippen molar-refractivity contribution in [1.82, 2.24) is 4.90 Å². The van der Waals surface area contributed by atoms with Crippen LogP contribution in [0.4, 0.5) is 5.69 Å². The zero-order chi connectivity index (χ0) is 20.1. The third-order valence-electron chi connectivity index (χ3n) is 5.44. The molecule has 1 heterocycles. The summed E-state index contributed by atoms with van der Waals surface area (Å²) in [5.74, 6) is 1.67. The molecule has 5 nitrogen and oxygen atoms in total. The molecular formula is C24H28N2O3. The Morgan fingerprint density at radius 3 is 2.28 bits per heavy atom. The number of nitrogens with zero attached hydrogens (tertiary/aromatic N) is 2. The summed E-state index contributed by atoms with van der Waals surface area (Å²) in [4.78, 5) is 4.67. The van der Waals surface area contributed by atoms with Gasteiger partial charge in [0, 0.05) is 38.4 Å². The maximum atomic E-state index is 10.4. The first-order valence-corrected chi connectivity index (χ1v) is 10.1. The van der Waals surface area contributed by atoms with Crippen molar-refractivity contribution in [1.29, 1.82) is 0 Å². The van der Waals surface area contributed by atoms with Crippen LogP contribution in [0.3, 0.4) is 0 Å². The average molecular weight is 392 g/mol. The molecule has 0 bridgehead atoms. The van der Waals surface area contributed by atoms with Gasteiger partial charge in [-0.15, -0.1) is 0 Å². The predicted octanol–water partition coefficient (Wildman–Crippen LogP) is 3.41. The lowest BCUT2D eigenvalue weighted by Gasteiger charge is -2.36. The Hall–Kier alpha value is -2.76. The quantitative estimate of drug-likeness (QED) is 0.668. The molecule has 0 spiro atoms. The number of rotatable bonds is 7. The molecule has 1 N–H and O–H groups in total. The lowest BCUT2D eigenvalue weighted by atomic mass is 10.1. The summed E-state index contributed by atoms with van der Waals surface area (Å²) < 4.78 is 11.1. The Kier molecular flexibility index (Phi) is 6.17. The van der Waals surface area contributed by atoms with Gasteiger partial charge in [-0.25, -0.2) is 0 Å². The first-order chi connectivity index (χ1) is 14.2. The van der Waals surface area contributed by atoms with Crippen LogP contribution in [0, 0.1) is 0 Å². The Balaban J connectivity index is 1.23. The van der Waals surface area contributed by atoms with Crippen LogP contribution in [0.5, 0.6) is 11.5 Å². The van der Waals surface area contributed by atoms with Crippen LogP contribution in [0.2, 0.25) is 0 Å². The third kappa shape index (κ3) is 5.00. The van der Waals surface area contributed by atoms with Gasteiger partial charge in [0.15, 0.2) is 0 Å². The second kappa shape index (κ2) is 9.16. The van der Waals surface area contributed by atoms with Gasteiger partial charge in [-0.3, -0.25) is 4.90 Å². The molecule has 1 aliphatic rings. The molecule has 0 aliphatic carbocycles. The minimum atomic E-state index is -0.506. The van der Waals surface area contributed by atoms with Crippen molar-refractivity contribution in [2.75, 3.05) is 51.3 Å². The van der Waals surface area contributed by atoms with Gasteiger partial charge < -0.3 is 19.5 Å². The van der Waals surface area contributed by atoms with E-state index < -0.39 is 6.10 Å². The van der Waals surface area contributed by atoms with Crippen LogP contribution in [0.25, 0.3) is 10.8 Å². The minimum absolute atomic E-state index is 0.303. The Labute approximate surface area is 172 Å². The number of aliphatic hydroxyl groups excluding tert-OH is 1. The smallest absolute Gasteiger partial charge is 0.120 e. The van der Waals surface area contributed by atoms with Crippen LogP contribution in [0.1, 0.15) is 0 Å². The number of hydrogen-bond donors (Lipinski definition) is 1. The van der Waals surface area contributed by atoms with Crippen molar-refractivity contribution in [3.63, 3.8) is 0 Å². The molecule has 29 heavy (non-hydrogen) atoms. The molecule has 1 atom stereocenters. The van der Waals surface area contributed by atoms with Crippen molar-refractivity contribution in [3.05, 3.63) is 66.7 Å². The monoisotopic (exact) mass is 392 g/mol. The largest absolute Gasteiger partial charge is 0.497 e. The summed E-state index contributed by atoms with van der Waals surface area (Å²) in [6, 6.07) is 22.4. The van der Waals surface area contributed by atoms with Gasteiger partial charge in [-0.2, -0.15) is 0 Å². The van der Waals surface area contributed by atoms with Crippen LogP contribution in [0.15, 0.2) is 66.7 Å². The van der Waals surface area contributed by atoms with E-state index in [-0.39, 0.29) is 0 Å². The van der Waals surface area contributed by atoms with Crippen molar-refractivity contribution in [2.45, 2.75) is 6.10 Å². The van der Waals surface area contributed by atoms with E-state index >= 15 is 0 Å². The second-order valence-corrected chi connectivity index (χ2v) is 7.46. The van der Waals surface area contributed by atoms with Gasteiger partial charge in [-0.1, -0.05) is 30.3 Å². The van der Waals surface area contributed by atoms with Gasteiger partial charge >= 0.3 is 0 Å². The summed E-state index contributed by atoms with van der Waals surface area (Å²) in [5, 5.41) is 12.8. The Morgan fingerprint density at radius 1 is 0.862 bits per heavy atom. The van der Waals surface area contributed by atoms with E-state index in [0.29, 0.717) is 13.2 Å². The van der Waals surface area contributed by atoms with Crippen LogP contribution in [-0.4, -0.2) is 62.6 Å². The first kappa shape index (κ1) is 19.6. The molecule has 5 heteroatoms. The molecule has 152 valence electrons. The van der Waals surface area contributed by atoms with E-state index in [2.05, 4.69) is 40.1 Å². The highest BCUT2D eigenvalue weighted by Gasteiger charge is 2.20. The molecule has 0 saturated carbocycles. The summed E-state index contributed by atoms with van der Waals surface area (Å²) in [6.07, 6.45) is -0.506. The van der Waals surface area contributed by atoms with E-state index in [9.17, 15) is 5.11 Å². The van der Waals surface area contributed by atoms with Crippen LogP contribution >= 0.6 is 0 Å². The van der Waals surface area contributed by atoms with Crippen molar-refractivity contribution >= 4 is 16.5 Å².